The third-order valence-electron chi connectivity index (χ3n) is 5.91. The number of nitrogens with one attached hydrogen (secondary N) is 1. The second-order valence-electron chi connectivity index (χ2n) is 7.72. The van der Waals surface area contributed by atoms with Crippen LogP contribution in [0.25, 0.3) is 0 Å². The molecule has 1 atom stereocenters. The molecule has 1 fully saturated rings. The lowest BCUT2D eigenvalue weighted by atomic mass is 9.89. The van der Waals surface area contributed by atoms with Crippen molar-refractivity contribution in [1.29, 1.82) is 0 Å². The van der Waals surface area contributed by atoms with Gasteiger partial charge in [-0.05, 0) is 36.5 Å². The number of aromatic nitrogens is 1. The zero-order valence-electron chi connectivity index (χ0n) is 15.4. The van der Waals surface area contributed by atoms with Crippen molar-refractivity contribution in [3.63, 3.8) is 0 Å². The summed E-state index contributed by atoms with van der Waals surface area (Å²) in [4.78, 5) is 14.9. The largest absolute Gasteiger partial charge is 0.355 e. The Hall–Kier alpha value is -2.07. The van der Waals surface area contributed by atoms with Crippen LogP contribution in [-0.4, -0.2) is 35.0 Å². The van der Waals surface area contributed by atoms with E-state index in [-0.39, 0.29) is 11.9 Å². The highest BCUT2D eigenvalue weighted by Gasteiger charge is 2.30. The number of carbonyl (C=O) groups excluding carboxylic acids is 1. The van der Waals surface area contributed by atoms with Gasteiger partial charge in [0.05, 0.1) is 12.6 Å². The molecule has 0 spiro atoms. The fourth-order valence-corrected chi connectivity index (χ4v) is 4.51. The molecule has 2 aliphatic rings. The highest BCUT2D eigenvalue weighted by molar-refractivity contribution is 5.78. The fourth-order valence-electron chi connectivity index (χ4n) is 4.51. The molecule has 0 bridgehead atoms. The summed E-state index contributed by atoms with van der Waals surface area (Å²) in [6.45, 7) is 3.16. The van der Waals surface area contributed by atoms with Crippen molar-refractivity contribution in [3.05, 3.63) is 59.9 Å². The predicted octanol–water partition coefficient (Wildman–Crippen LogP) is 3.59. The van der Waals surface area contributed by atoms with Crippen molar-refractivity contribution in [2.75, 3.05) is 19.6 Å². The SMILES string of the molecule is O=C(CN1CCn2cccc2C1c1ccccc1)NCC1CCCCC1. The Morgan fingerprint density at radius 3 is 2.62 bits per heavy atom. The van der Waals surface area contributed by atoms with Crippen LogP contribution >= 0.6 is 0 Å². The molecule has 4 heteroatoms. The normalized spacial score (nSPS) is 21.3. The zero-order valence-corrected chi connectivity index (χ0v) is 15.4. The van der Waals surface area contributed by atoms with Crippen molar-refractivity contribution in [1.82, 2.24) is 14.8 Å². The van der Waals surface area contributed by atoms with E-state index in [0.29, 0.717) is 12.5 Å². The Morgan fingerprint density at radius 2 is 1.81 bits per heavy atom. The Balaban J connectivity index is 1.43. The van der Waals surface area contributed by atoms with Crippen molar-refractivity contribution >= 4 is 5.91 Å². The van der Waals surface area contributed by atoms with Gasteiger partial charge in [0.15, 0.2) is 0 Å². The number of carbonyl (C=O) groups is 1. The summed E-state index contributed by atoms with van der Waals surface area (Å²) in [5.74, 6) is 0.840. The van der Waals surface area contributed by atoms with Crippen LogP contribution in [0.3, 0.4) is 0 Å². The molecule has 1 aromatic carbocycles. The lowest BCUT2D eigenvalue weighted by molar-refractivity contribution is -0.123. The number of rotatable bonds is 5. The molecule has 4 nitrogen and oxygen atoms in total. The van der Waals surface area contributed by atoms with E-state index < -0.39 is 0 Å². The Kier molecular flexibility index (Phi) is 5.40. The van der Waals surface area contributed by atoms with E-state index in [1.54, 1.807) is 0 Å². The summed E-state index contributed by atoms with van der Waals surface area (Å²) >= 11 is 0. The second-order valence-corrected chi connectivity index (χ2v) is 7.72. The highest BCUT2D eigenvalue weighted by atomic mass is 16.2. The Morgan fingerprint density at radius 1 is 1.00 bits per heavy atom. The quantitative estimate of drug-likeness (QED) is 0.894. The third kappa shape index (κ3) is 3.85. The standard InChI is InChI=1S/C22H29N3O/c26-21(23-16-18-8-3-1-4-9-18)17-25-15-14-24-13-7-12-20(24)22(25)19-10-5-2-6-11-19/h2,5-7,10-13,18,22H,1,3-4,8-9,14-17H2,(H,23,26). The van der Waals surface area contributed by atoms with Crippen LogP contribution in [0.15, 0.2) is 48.7 Å². The van der Waals surface area contributed by atoms with E-state index in [1.807, 2.05) is 6.07 Å². The number of benzene rings is 1. The summed E-state index contributed by atoms with van der Waals surface area (Å²) in [5.41, 5.74) is 2.54. The van der Waals surface area contributed by atoms with E-state index in [0.717, 1.165) is 19.6 Å². The average Bonchev–Trinajstić information content (AvgIpc) is 3.16. The van der Waals surface area contributed by atoms with Gasteiger partial charge in [0.25, 0.3) is 0 Å². The molecule has 2 heterocycles. The maximum absolute atomic E-state index is 12.6. The second kappa shape index (κ2) is 8.09. The van der Waals surface area contributed by atoms with Crippen LogP contribution in [0.4, 0.5) is 0 Å². The molecular weight excluding hydrogens is 322 g/mol. The molecule has 138 valence electrons. The molecule has 1 aromatic heterocycles. The van der Waals surface area contributed by atoms with Gasteiger partial charge in [-0.15, -0.1) is 0 Å². The van der Waals surface area contributed by atoms with Gasteiger partial charge >= 0.3 is 0 Å². The van der Waals surface area contributed by atoms with Gasteiger partial charge < -0.3 is 9.88 Å². The summed E-state index contributed by atoms with van der Waals surface area (Å²) in [6, 6.07) is 15.0. The van der Waals surface area contributed by atoms with Crippen LogP contribution < -0.4 is 5.32 Å². The number of amides is 1. The van der Waals surface area contributed by atoms with Gasteiger partial charge in [-0.25, -0.2) is 0 Å². The van der Waals surface area contributed by atoms with Crippen LogP contribution in [-0.2, 0) is 11.3 Å². The van der Waals surface area contributed by atoms with Gasteiger partial charge in [-0.1, -0.05) is 49.6 Å². The smallest absolute Gasteiger partial charge is 0.234 e. The number of nitrogens with zero attached hydrogens (tertiary/aromatic N) is 2. The monoisotopic (exact) mass is 351 g/mol. The number of hydrogen-bond acceptors (Lipinski definition) is 2. The van der Waals surface area contributed by atoms with Crippen molar-refractivity contribution in [3.8, 4) is 0 Å². The summed E-state index contributed by atoms with van der Waals surface area (Å²) in [5, 5.41) is 3.20. The van der Waals surface area contributed by atoms with E-state index >= 15 is 0 Å². The molecule has 0 saturated heterocycles. The van der Waals surface area contributed by atoms with E-state index in [1.165, 1.54) is 43.4 Å². The Bertz CT molecular complexity index is 718. The summed E-state index contributed by atoms with van der Waals surface area (Å²) in [6.07, 6.45) is 8.68. The van der Waals surface area contributed by atoms with E-state index in [4.69, 9.17) is 0 Å². The first-order valence-electron chi connectivity index (χ1n) is 10.0. The summed E-state index contributed by atoms with van der Waals surface area (Å²) in [7, 11) is 0. The maximum atomic E-state index is 12.6. The fraction of sp³-hybridized carbons (Fsp3) is 0.500. The molecule has 1 amide bonds. The zero-order chi connectivity index (χ0) is 17.8. The minimum Gasteiger partial charge on any atom is -0.355 e. The first-order chi connectivity index (χ1) is 12.8. The average molecular weight is 351 g/mol. The molecule has 4 rings (SSSR count). The third-order valence-corrected chi connectivity index (χ3v) is 5.91. The van der Waals surface area contributed by atoms with Crippen LogP contribution in [0, 0.1) is 5.92 Å². The Labute approximate surface area is 156 Å². The van der Waals surface area contributed by atoms with Crippen molar-refractivity contribution < 1.29 is 4.79 Å². The molecule has 1 saturated carbocycles. The van der Waals surface area contributed by atoms with Gasteiger partial charge in [0.1, 0.15) is 0 Å². The minimum absolute atomic E-state index is 0.153. The molecule has 1 N–H and O–H groups in total. The maximum Gasteiger partial charge on any atom is 0.234 e. The van der Waals surface area contributed by atoms with Gasteiger partial charge in [-0.2, -0.15) is 0 Å². The lowest BCUT2D eigenvalue weighted by Crippen LogP contribution is -2.45. The van der Waals surface area contributed by atoms with Crippen LogP contribution in [0.1, 0.15) is 49.4 Å². The van der Waals surface area contributed by atoms with E-state index in [2.05, 4.69) is 57.4 Å². The van der Waals surface area contributed by atoms with Gasteiger partial charge in [0.2, 0.25) is 5.91 Å². The van der Waals surface area contributed by atoms with Crippen LogP contribution in [0.2, 0.25) is 0 Å². The predicted molar refractivity (Wildman–Crippen MR) is 104 cm³/mol. The van der Waals surface area contributed by atoms with Crippen LogP contribution in [0.5, 0.6) is 0 Å². The molecule has 1 aliphatic heterocycles. The highest BCUT2D eigenvalue weighted by Crippen LogP contribution is 2.32. The molecule has 1 unspecified atom stereocenters. The number of hydrogen-bond donors (Lipinski definition) is 1. The molecule has 2 aromatic rings. The van der Waals surface area contributed by atoms with Gasteiger partial charge in [0, 0.05) is 31.5 Å². The van der Waals surface area contributed by atoms with E-state index in [9.17, 15) is 4.79 Å². The molecule has 26 heavy (non-hydrogen) atoms. The minimum atomic E-state index is 0.153. The lowest BCUT2D eigenvalue weighted by Gasteiger charge is -2.37. The number of fused-ring (bicyclic) bond motifs is 1. The van der Waals surface area contributed by atoms with Crippen molar-refractivity contribution in [2.45, 2.75) is 44.7 Å². The summed E-state index contributed by atoms with van der Waals surface area (Å²) < 4.78 is 2.31. The van der Waals surface area contributed by atoms with Gasteiger partial charge in [-0.3, -0.25) is 9.69 Å². The topological polar surface area (TPSA) is 37.3 Å². The molecule has 0 radical (unpaired) electrons. The molecular formula is C22H29N3O. The first kappa shape index (κ1) is 17.3. The molecule has 1 aliphatic carbocycles. The first-order valence-corrected chi connectivity index (χ1v) is 10.0. The van der Waals surface area contributed by atoms with Crippen molar-refractivity contribution in [2.24, 2.45) is 5.92 Å².